The van der Waals surface area contributed by atoms with E-state index in [2.05, 4.69) is 4.98 Å². The van der Waals surface area contributed by atoms with Gasteiger partial charge >= 0.3 is 4.87 Å². The molecule has 2 aromatic carbocycles. The number of aliphatic hydroxyl groups excluding tert-OH is 1. The van der Waals surface area contributed by atoms with Crippen LogP contribution in [0.2, 0.25) is 0 Å². The fraction of sp³-hybridized carbons (Fsp3) is 0.0714. The molecule has 0 saturated carbocycles. The van der Waals surface area contributed by atoms with E-state index in [1.165, 1.54) is 0 Å². The molecule has 0 bridgehead atoms. The van der Waals surface area contributed by atoms with Crippen LogP contribution in [0.3, 0.4) is 0 Å². The van der Waals surface area contributed by atoms with Crippen molar-refractivity contribution >= 4 is 21.6 Å². The molecule has 0 aliphatic rings. The Kier molecular flexibility index (Phi) is 2.74. The predicted octanol–water partition coefficient (Wildman–Crippen LogP) is 2.67. The molecule has 90 valence electrons. The topological polar surface area (TPSA) is 53.1 Å². The Morgan fingerprint density at radius 3 is 2.61 bits per heavy atom. The van der Waals surface area contributed by atoms with Gasteiger partial charge in [0.15, 0.2) is 0 Å². The molecule has 0 aliphatic heterocycles. The summed E-state index contributed by atoms with van der Waals surface area (Å²) < 4.78 is 0.868. The summed E-state index contributed by atoms with van der Waals surface area (Å²) in [6, 6.07) is 15.0. The number of aromatic nitrogens is 1. The van der Waals surface area contributed by atoms with Gasteiger partial charge in [-0.15, -0.1) is 0 Å². The Labute approximate surface area is 107 Å². The first-order valence-electron chi connectivity index (χ1n) is 5.60. The lowest BCUT2D eigenvalue weighted by Gasteiger charge is -2.11. The van der Waals surface area contributed by atoms with Gasteiger partial charge in [0, 0.05) is 0 Å². The van der Waals surface area contributed by atoms with Gasteiger partial charge in [0.2, 0.25) is 0 Å². The van der Waals surface area contributed by atoms with E-state index in [0.29, 0.717) is 0 Å². The molecular weight excluding hydrogens is 246 g/mol. The second-order valence-electron chi connectivity index (χ2n) is 4.08. The van der Waals surface area contributed by atoms with E-state index in [1.807, 2.05) is 48.5 Å². The predicted molar refractivity (Wildman–Crippen MR) is 72.9 cm³/mol. The summed E-state index contributed by atoms with van der Waals surface area (Å²) in [5.74, 6) is 0. The van der Waals surface area contributed by atoms with Gasteiger partial charge in [-0.2, -0.15) is 0 Å². The summed E-state index contributed by atoms with van der Waals surface area (Å²) in [7, 11) is 0. The monoisotopic (exact) mass is 257 g/mol. The number of thiazole rings is 1. The number of benzene rings is 2. The number of H-pyrrole nitrogens is 1. The maximum Gasteiger partial charge on any atom is 0.305 e. The third-order valence-electron chi connectivity index (χ3n) is 2.88. The van der Waals surface area contributed by atoms with E-state index < -0.39 is 6.10 Å². The fourth-order valence-electron chi connectivity index (χ4n) is 1.96. The molecule has 0 saturated heterocycles. The number of fused-ring (bicyclic) bond motifs is 1. The van der Waals surface area contributed by atoms with Gasteiger partial charge in [0.25, 0.3) is 0 Å². The SMILES string of the molecule is O=c1[nH]c2ccc(C(O)c3ccccc3)cc2s1. The quantitative estimate of drug-likeness (QED) is 0.741. The van der Waals surface area contributed by atoms with Crippen LogP contribution in [0.15, 0.2) is 53.3 Å². The van der Waals surface area contributed by atoms with Gasteiger partial charge in [-0.25, -0.2) is 0 Å². The van der Waals surface area contributed by atoms with Gasteiger partial charge < -0.3 is 10.1 Å². The molecule has 18 heavy (non-hydrogen) atoms. The fourth-order valence-corrected chi connectivity index (χ4v) is 2.74. The molecule has 1 aromatic heterocycles. The third-order valence-corrected chi connectivity index (χ3v) is 3.72. The van der Waals surface area contributed by atoms with Crippen LogP contribution >= 0.6 is 11.3 Å². The molecule has 1 heterocycles. The van der Waals surface area contributed by atoms with Gasteiger partial charge in [0.05, 0.1) is 10.2 Å². The molecule has 0 fully saturated rings. The van der Waals surface area contributed by atoms with Crippen LogP contribution in [-0.4, -0.2) is 10.1 Å². The lowest BCUT2D eigenvalue weighted by atomic mass is 10.0. The highest BCUT2D eigenvalue weighted by molar-refractivity contribution is 7.16. The minimum atomic E-state index is -0.659. The van der Waals surface area contributed by atoms with Crippen LogP contribution in [-0.2, 0) is 0 Å². The molecule has 4 heteroatoms. The second-order valence-corrected chi connectivity index (χ2v) is 5.10. The maximum absolute atomic E-state index is 11.2. The molecular formula is C14H11NO2S. The van der Waals surface area contributed by atoms with Gasteiger partial charge in [-0.1, -0.05) is 47.7 Å². The van der Waals surface area contributed by atoms with Crippen molar-refractivity contribution in [2.45, 2.75) is 6.10 Å². The van der Waals surface area contributed by atoms with Crippen molar-refractivity contribution in [1.82, 2.24) is 4.98 Å². The molecule has 0 aliphatic carbocycles. The maximum atomic E-state index is 11.2. The van der Waals surface area contributed by atoms with Crippen molar-refractivity contribution in [2.24, 2.45) is 0 Å². The highest BCUT2D eigenvalue weighted by Crippen LogP contribution is 2.25. The first-order valence-corrected chi connectivity index (χ1v) is 6.41. The highest BCUT2D eigenvalue weighted by atomic mass is 32.1. The normalized spacial score (nSPS) is 12.7. The Balaban J connectivity index is 2.06. The Morgan fingerprint density at radius 2 is 1.83 bits per heavy atom. The molecule has 2 N–H and O–H groups in total. The van der Waals surface area contributed by atoms with Crippen molar-refractivity contribution < 1.29 is 5.11 Å². The molecule has 3 aromatic rings. The van der Waals surface area contributed by atoms with E-state index in [1.54, 1.807) is 0 Å². The largest absolute Gasteiger partial charge is 0.384 e. The molecule has 1 unspecified atom stereocenters. The molecule has 0 amide bonds. The van der Waals surface area contributed by atoms with E-state index in [0.717, 1.165) is 32.7 Å². The van der Waals surface area contributed by atoms with Gasteiger partial charge in [-0.3, -0.25) is 4.79 Å². The zero-order valence-electron chi connectivity index (χ0n) is 9.46. The van der Waals surface area contributed by atoms with Crippen LogP contribution < -0.4 is 4.87 Å². The Hall–Kier alpha value is -1.91. The van der Waals surface area contributed by atoms with Crippen molar-refractivity contribution in [2.75, 3.05) is 0 Å². The van der Waals surface area contributed by atoms with Crippen LogP contribution in [0, 0.1) is 0 Å². The number of rotatable bonds is 2. The van der Waals surface area contributed by atoms with Crippen LogP contribution in [0.1, 0.15) is 17.2 Å². The summed E-state index contributed by atoms with van der Waals surface area (Å²) in [5.41, 5.74) is 2.46. The van der Waals surface area contributed by atoms with Crippen molar-refractivity contribution in [1.29, 1.82) is 0 Å². The zero-order valence-corrected chi connectivity index (χ0v) is 10.3. The summed E-state index contributed by atoms with van der Waals surface area (Å²) >= 11 is 1.16. The average Bonchev–Trinajstić information content (AvgIpc) is 2.78. The number of hydrogen-bond acceptors (Lipinski definition) is 3. The molecule has 3 nitrogen and oxygen atoms in total. The second kappa shape index (κ2) is 4.40. The standard InChI is InChI=1S/C14H11NO2S/c16-13(9-4-2-1-3-5-9)10-6-7-11-12(8-10)18-14(17)15-11/h1-8,13,16H,(H,15,17). The van der Waals surface area contributed by atoms with E-state index in [-0.39, 0.29) is 4.87 Å². The smallest absolute Gasteiger partial charge is 0.305 e. The van der Waals surface area contributed by atoms with Crippen molar-refractivity contribution in [3.8, 4) is 0 Å². The summed E-state index contributed by atoms with van der Waals surface area (Å²) in [4.78, 5) is 13.9. The first-order chi connectivity index (χ1) is 8.74. The Morgan fingerprint density at radius 1 is 1.06 bits per heavy atom. The molecule has 1 atom stereocenters. The van der Waals surface area contributed by atoms with E-state index in [9.17, 15) is 9.90 Å². The number of hydrogen-bond donors (Lipinski definition) is 2. The van der Waals surface area contributed by atoms with Crippen molar-refractivity contribution in [3.05, 3.63) is 69.3 Å². The number of aromatic amines is 1. The lowest BCUT2D eigenvalue weighted by molar-refractivity contribution is 0.220. The van der Waals surface area contributed by atoms with Gasteiger partial charge in [0.1, 0.15) is 6.10 Å². The van der Waals surface area contributed by atoms with Crippen LogP contribution in [0.4, 0.5) is 0 Å². The lowest BCUT2D eigenvalue weighted by Crippen LogP contribution is -1.98. The third kappa shape index (κ3) is 1.96. The molecule has 3 rings (SSSR count). The zero-order chi connectivity index (χ0) is 12.5. The van der Waals surface area contributed by atoms with Crippen molar-refractivity contribution in [3.63, 3.8) is 0 Å². The molecule has 0 radical (unpaired) electrons. The van der Waals surface area contributed by atoms with E-state index in [4.69, 9.17) is 0 Å². The average molecular weight is 257 g/mol. The summed E-state index contributed by atoms with van der Waals surface area (Å²) in [6.45, 7) is 0. The molecule has 0 spiro atoms. The number of nitrogens with one attached hydrogen (secondary N) is 1. The Bertz CT molecular complexity index is 730. The summed E-state index contributed by atoms with van der Waals surface area (Å²) in [6.07, 6.45) is -0.659. The highest BCUT2D eigenvalue weighted by Gasteiger charge is 2.11. The van der Waals surface area contributed by atoms with Crippen LogP contribution in [0.5, 0.6) is 0 Å². The summed E-state index contributed by atoms with van der Waals surface area (Å²) in [5, 5.41) is 10.3. The minimum absolute atomic E-state index is 0.0728. The number of aliphatic hydroxyl groups is 1. The van der Waals surface area contributed by atoms with Crippen LogP contribution in [0.25, 0.3) is 10.2 Å². The minimum Gasteiger partial charge on any atom is -0.384 e. The van der Waals surface area contributed by atoms with Gasteiger partial charge in [-0.05, 0) is 23.3 Å². The van der Waals surface area contributed by atoms with E-state index >= 15 is 0 Å². The first kappa shape index (κ1) is 11.2.